The second-order valence-electron chi connectivity index (χ2n) is 6.08. The first-order valence-electron chi connectivity index (χ1n) is 7.66. The van der Waals surface area contributed by atoms with Crippen LogP contribution in [0.4, 0.5) is 13.2 Å². The first-order valence-corrected chi connectivity index (χ1v) is 8.54. The molecule has 1 N–H and O–H groups in total. The highest BCUT2D eigenvalue weighted by Crippen LogP contribution is 2.45. The summed E-state index contributed by atoms with van der Waals surface area (Å²) in [7, 11) is 0. The zero-order valence-corrected chi connectivity index (χ0v) is 14.1. The molecular weight excluding hydrogens is 375 g/mol. The topological polar surface area (TPSA) is 92.5 Å². The molecule has 3 rings (SSSR count). The zero-order valence-electron chi connectivity index (χ0n) is 13.3. The zero-order chi connectivity index (χ0) is 19.1. The van der Waals surface area contributed by atoms with E-state index in [1.807, 2.05) is 0 Å². The number of thiophene rings is 1. The van der Waals surface area contributed by atoms with Crippen LogP contribution in [0, 0.1) is 5.41 Å². The largest absolute Gasteiger partial charge is 0.481 e. The van der Waals surface area contributed by atoms with Crippen LogP contribution in [0.15, 0.2) is 22.6 Å². The molecule has 1 aliphatic heterocycles. The van der Waals surface area contributed by atoms with E-state index in [0.29, 0.717) is 10.2 Å². The van der Waals surface area contributed by atoms with Crippen LogP contribution in [0.2, 0.25) is 0 Å². The van der Waals surface area contributed by atoms with Gasteiger partial charge in [0.25, 0.3) is 5.56 Å². The molecule has 0 aliphatic carbocycles. The molecule has 26 heavy (non-hydrogen) atoms. The molecule has 3 heterocycles. The van der Waals surface area contributed by atoms with Gasteiger partial charge in [0.15, 0.2) is 5.41 Å². The van der Waals surface area contributed by atoms with Crippen LogP contribution < -0.4 is 5.56 Å². The van der Waals surface area contributed by atoms with E-state index in [0.717, 1.165) is 4.90 Å². The summed E-state index contributed by atoms with van der Waals surface area (Å²) >= 11 is 1.30. The molecular formula is C15H14F3N3O4S. The number of hydrogen-bond acceptors (Lipinski definition) is 5. The number of aromatic nitrogens is 2. The molecule has 0 bridgehead atoms. The lowest BCUT2D eigenvalue weighted by atomic mass is 9.86. The second-order valence-corrected chi connectivity index (χ2v) is 6.98. The number of likely N-dealkylation sites (tertiary alicyclic amines) is 1. The van der Waals surface area contributed by atoms with Crippen LogP contribution in [0.3, 0.4) is 0 Å². The van der Waals surface area contributed by atoms with Crippen LogP contribution in [0.1, 0.15) is 12.8 Å². The number of rotatable bonds is 4. The van der Waals surface area contributed by atoms with Crippen molar-refractivity contribution in [1.29, 1.82) is 0 Å². The number of carbonyl (C=O) groups is 2. The number of nitrogens with zero attached hydrogens (tertiary/aromatic N) is 3. The maximum Gasteiger partial charge on any atom is 0.406 e. The summed E-state index contributed by atoms with van der Waals surface area (Å²) in [6, 6.07) is 1.61. The van der Waals surface area contributed by atoms with Crippen molar-refractivity contribution in [3.8, 4) is 0 Å². The van der Waals surface area contributed by atoms with Crippen molar-refractivity contribution in [3.05, 3.63) is 28.1 Å². The van der Waals surface area contributed by atoms with Crippen LogP contribution in [0.25, 0.3) is 10.2 Å². The van der Waals surface area contributed by atoms with Crippen molar-refractivity contribution in [2.75, 3.05) is 13.1 Å². The molecule has 140 valence electrons. The Morgan fingerprint density at radius 2 is 2.12 bits per heavy atom. The quantitative estimate of drug-likeness (QED) is 0.860. The lowest BCUT2D eigenvalue weighted by Gasteiger charge is -2.27. The third-order valence-electron chi connectivity index (χ3n) is 4.59. The van der Waals surface area contributed by atoms with Crippen molar-refractivity contribution < 1.29 is 27.9 Å². The van der Waals surface area contributed by atoms with E-state index in [1.54, 1.807) is 11.4 Å². The summed E-state index contributed by atoms with van der Waals surface area (Å²) < 4.78 is 40.7. The summed E-state index contributed by atoms with van der Waals surface area (Å²) in [5.41, 5.74) is -3.27. The van der Waals surface area contributed by atoms with Crippen LogP contribution in [-0.2, 0) is 16.1 Å². The monoisotopic (exact) mass is 389 g/mol. The van der Waals surface area contributed by atoms with Crippen LogP contribution >= 0.6 is 11.3 Å². The number of aryl methyl sites for hydroxylation is 1. The number of halogens is 3. The van der Waals surface area contributed by atoms with Gasteiger partial charge in [0.05, 0.1) is 11.7 Å². The molecule has 2 aromatic rings. The van der Waals surface area contributed by atoms with Gasteiger partial charge in [-0.15, -0.1) is 11.3 Å². The Morgan fingerprint density at radius 1 is 1.38 bits per heavy atom. The summed E-state index contributed by atoms with van der Waals surface area (Å²) in [5.74, 6) is -2.61. The van der Waals surface area contributed by atoms with Gasteiger partial charge in [-0.3, -0.25) is 19.0 Å². The Labute approximate surface area is 148 Å². The van der Waals surface area contributed by atoms with Gasteiger partial charge in [0.2, 0.25) is 5.91 Å². The summed E-state index contributed by atoms with van der Waals surface area (Å²) in [5, 5.41) is 11.1. The smallest absolute Gasteiger partial charge is 0.406 e. The van der Waals surface area contributed by atoms with E-state index >= 15 is 0 Å². The van der Waals surface area contributed by atoms with Crippen molar-refractivity contribution in [1.82, 2.24) is 14.5 Å². The number of amides is 1. The molecule has 1 aliphatic rings. The summed E-state index contributed by atoms with van der Waals surface area (Å²) in [6.45, 7) is -1.25. The van der Waals surface area contributed by atoms with E-state index in [9.17, 15) is 27.6 Å². The van der Waals surface area contributed by atoms with E-state index in [4.69, 9.17) is 5.11 Å². The molecule has 1 fully saturated rings. The minimum Gasteiger partial charge on any atom is -0.481 e. The fourth-order valence-electron chi connectivity index (χ4n) is 2.98. The highest BCUT2D eigenvalue weighted by atomic mass is 32.1. The first kappa shape index (κ1) is 18.4. The minimum atomic E-state index is -4.95. The van der Waals surface area contributed by atoms with E-state index in [-0.39, 0.29) is 25.1 Å². The van der Waals surface area contributed by atoms with Crippen LogP contribution in [-0.4, -0.2) is 50.7 Å². The molecule has 7 nitrogen and oxygen atoms in total. The molecule has 0 saturated carbocycles. The molecule has 1 amide bonds. The van der Waals surface area contributed by atoms with Crippen LogP contribution in [0.5, 0.6) is 0 Å². The van der Waals surface area contributed by atoms with Crippen molar-refractivity contribution in [2.45, 2.75) is 25.6 Å². The molecule has 0 spiro atoms. The molecule has 1 atom stereocenters. The van der Waals surface area contributed by atoms with Gasteiger partial charge in [0, 0.05) is 26.1 Å². The van der Waals surface area contributed by atoms with Gasteiger partial charge in [-0.05, 0) is 17.9 Å². The highest BCUT2D eigenvalue weighted by Gasteiger charge is 2.64. The van der Waals surface area contributed by atoms with E-state index in [1.165, 1.54) is 22.2 Å². The SMILES string of the molecule is O=C(CCn1cnc2sccc2c1=O)N1CCC(C(=O)O)(C(F)(F)F)C1. The molecule has 1 unspecified atom stereocenters. The Bertz CT molecular complexity index is 923. The number of carboxylic acid groups (broad SMARTS) is 1. The van der Waals surface area contributed by atoms with Gasteiger partial charge in [-0.2, -0.15) is 13.2 Å². The Kier molecular flexibility index (Phi) is 4.51. The number of carboxylic acids is 1. The van der Waals surface area contributed by atoms with E-state index in [2.05, 4.69) is 4.98 Å². The predicted octanol–water partition coefficient (Wildman–Crippen LogP) is 1.71. The first-order chi connectivity index (χ1) is 12.2. The standard InChI is InChI=1S/C15H14F3N3O4S/c16-15(17,18)14(13(24)25)3-5-20(7-14)10(22)1-4-21-8-19-11-9(12(21)23)2-6-26-11/h2,6,8H,1,3-5,7H2,(H,24,25). The molecule has 2 aromatic heterocycles. The Balaban J connectivity index is 1.70. The third kappa shape index (κ3) is 2.96. The second kappa shape index (κ2) is 6.38. The Hall–Kier alpha value is -2.43. The third-order valence-corrected chi connectivity index (χ3v) is 5.41. The van der Waals surface area contributed by atoms with E-state index < -0.39 is 36.4 Å². The molecule has 1 saturated heterocycles. The fourth-order valence-corrected chi connectivity index (χ4v) is 3.70. The average Bonchev–Trinajstić information content (AvgIpc) is 3.21. The maximum absolute atomic E-state index is 13.2. The van der Waals surface area contributed by atoms with Crippen molar-refractivity contribution >= 4 is 33.4 Å². The highest BCUT2D eigenvalue weighted by molar-refractivity contribution is 7.16. The number of alkyl halides is 3. The summed E-state index contributed by atoms with van der Waals surface area (Å²) in [6.07, 6.45) is -4.56. The predicted molar refractivity (Wildman–Crippen MR) is 85.8 cm³/mol. The normalized spacial score (nSPS) is 20.7. The van der Waals surface area contributed by atoms with Gasteiger partial charge < -0.3 is 10.0 Å². The lowest BCUT2D eigenvalue weighted by molar-refractivity contribution is -0.227. The molecule has 0 radical (unpaired) electrons. The lowest BCUT2D eigenvalue weighted by Crippen LogP contribution is -2.47. The number of aliphatic carboxylic acids is 1. The van der Waals surface area contributed by atoms with Crippen molar-refractivity contribution in [3.63, 3.8) is 0 Å². The summed E-state index contributed by atoms with van der Waals surface area (Å²) in [4.78, 5) is 41.1. The maximum atomic E-state index is 13.2. The van der Waals surface area contributed by atoms with Crippen molar-refractivity contribution in [2.24, 2.45) is 5.41 Å². The average molecular weight is 389 g/mol. The van der Waals surface area contributed by atoms with Gasteiger partial charge in [-0.1, -0.05) is 0 Å². The molecule has 11 heteroatoms. The molecule has 0 aromatic carbocycles. The fraction of sp³-hybridized carbons (Fsp3) is 0.467. The Morgan fingerprint density at radius 3 is 2.73 bits per heavy atom. The number of carbonyl (C=O) groups excluding carboxylic acids is 1. The van der Waals surface area contributed by atoms with Gasteiger partial charge in [-0.25, -0.2) is 4.98 Å². The minimum absolute atomic E-state index is 0.0426. The van der Waals surface area contributed by atoms with Gasteiger partial charge >= 0.3 is 12.1 Å². The van der Waals surface area contributed by atoms with Gasteiger partial charge in [0.1, 0.15) is 4.83 Å². The number of fused-ring (bicyclic) bond motifs is 1. The number of hydrogen-bond donors (Lipinski definition) is 1.